The summed E-state index contributed by atoms with van der Waals surface area (Å²) in [4.78, 5) is 24.5. The summed E-state index contributed by atoms with van der Waals surface area (Å²) >= 11 is 0. The Hall–Kier alpha value is -1.92. The normalized spacial score (nSPS) is 12.8. The number of rotatable bonds is 55. The molecular formula is C61H115NO5. The molecule has 0 spiro atoms. The molecule has 1 amide bonds. The van der Waals surface area contributed by atoms with E-state index in [4.69, 9.17) is 4.74 Å². The molecule has 0 aromatic carbocycles. The van der Waals surface area contributed by atoms with E-state index in [2.05, 4.69) is 55.6 Å². The minimum Gasteiger partial charge on any atom is -0.466 e. The fourth-order valence-corrected chi connectivity index (χ4v) is 9.08. The molecule has 0 radical (unpaired) electrons. The molecular weight excluding hydrogens is 827 g/mol. The fraction of sp³-hybridized carbons (Fsp3) is 0.869. The molecule has 2 atom stereocenters. The lowest BCUT2D eigenvalue weighted by Gasteiger charge is -2.22. The Bertz CT molecular complexity index is 1090. The number of esters is 1. The van der Waals surface area contributed by atoms with E-state index in [1.165, 1.54) is 231 Å². The molecule has 0 aromatic rings. The zero-order valence-corrected chi connectivity index (χ0v) is 44.9. The Morgan fingerprint density at radius 2 is 0.746 bits per heavy atom. The first-order valence-corrected chi connectivity index (χ1v) is 29.7. The minimum atomic E-state index is -0.669. The predicted octanol–water partition coefficient (Wildman–Crippen LogP) is 18.4. The summed E-state index contributed by atoms with van der Waals surface area (Å²) in [6, 6.07) is -0.547. The van der Waals surface area contributed by atoms with Crippen LogP contribution in [0.4, 0.5) is 0 Å². The summed E-state index contributed by atoms with van der Waals surface area (Å²) in [5.74, 6) is -0.0452. The van der Waals surface area contributed by atoms with Crippen molar-refractivity contribution in [1.29, 1.82) is 0 Å². The highest BCUT2D eigenvalue weighted by Crippen LogP contribution is 2.17. The van der Waals surface area contributed by atoms with Gasteiger partial charge in [-0.05, 0) is 83.5 Å². The van der Waals surface area contributed by atoms with Crippen LogP contribution in [0.2, 0.25) is 0 Å². The second-order valence-corrected chi connectivity index (χ2v) is 20.3. The van der Waals surface area contributed by atoms with E-state index in [0.717, 1.165) is 51.4 Å². The maximum atomic E-state index is 12.5. The average molecular weight is 943 g/mol. The Morgan fingerprint density at radius 3 is 1.18 bits per heavy atom. The number of carbonyl (C=O) groups is 2. The van der Waals surface area contributed by atoms with Gasteiger partial charge in [0.2, 0.25) is 5.91 Å². The molecule has 0 saturated heterocycles. The number of aliphatic hydroxyl groups excluding tert-OH is 2. The van der Waals surface area contributed by atoms with Crippen molar-refractivity contribution in [3.8, 4) is 0 Å². The summed E-state index contributed by atoms with van der Waals surface area (Å²) in [7, 11) is 0. The van der Waals surface area contributed by atoms with E-state index in [-0.39, 0.29) is 18.5 Å². The van der Waals surface area contributed by atoms with E-state index in [0.29, 0.717) is 25.9 Å². The van der Waals surface area contributed by atoms with Gasteiger partial charge in [-0.1, -0.05) is 256 Å². The average Bonchev–Trinajstić information content (AvgIpc) is 3.33. The number of nitrogens with one attached hydrogen (secondary N) is 1. The highest BCUT2D eigenvalue weighted by Gasteiger charge is 2.20. The van der Waals surface area contributed by atoms with Gasteiger partial charge in [-0.2, -0.15) is 0 Å². The monoisotopic (exact) mass is 942 g/mol. The third-order valence-corrected chi connectivity index (χ3v) is 13.7. The van der Waals surface area contributed by atoms with Crippen molar-refractivity contribution in [2.75, 3.05) is 13.2 Å². The van der Waals surface area contributed by atoms with Gasteiger partial charge in [0.05, 0.1) is 25.4 Å². The number of ether oxygens (including phenoxy) is 1. The molecule has 3 N–H and O–H groups in total. The SMILES string of the molecule is CCCCC/C=C\C/C=C\CCCCCCCCCC(=O)OCCCCCCCCCCC/C=C\CCCCCCCCCC(=O)NC(CO)C(O)CCCCCCCCCCCCCCC. The van der Waals surface area contributed by atoms with Gasteiger partial charge in [0.1, 0.15) is 0 Å². The van der Waals surface area contributed by atoms with Crippen molar-refractivity contribution >= 4 is 11.9 Å². The third kappa shape index (κ3) is 53.3. The van der Waals surface area contributed by atoms with Gasteiger partial charge in [0, 0.05) is 12.8 Å². The van der Waals surface area contributed by atoms with Crippen LogP contribution < -0.4 is 5.32 Å². The van der Waals surface area contributed by atoms with Crippen LogP contribution in [0.3, 0.4) is 0 Å². The van der Waals surface area contributed by atoms with Crippen LogP contribution in [0.15, 0.2) is 36.5 Å². The largest absolute Gasteiger partial charge is 0.466 e. The van der Waals surface area contributed by atoms with Crippen LogP contribution in [0.5, 0.6) is 0 Å². The molecule has 0 saturated carbocycles. The Balaban J connectivity index is 3.42. The molecule has 2 unspecified atom stereocenters. The quantitative estimate of drug-likeness (QED) is 0.0321. The zero-order valence-electron chi connectivity index (χ0n) is 44.9. The second kappa shape index (κ2) is 56.7. The number of amides is 1. The smallest absolute Gasteiger partial charge is 0.305 e. The van der Waals surface area contributed by atoms with Crippen LogP contribution in [0, 0.1) is 0 Å². The van der Waals surface area contributed by atoms with Gasteiger partial charge in [-0.25, -0.2) is 0 Å². The van der Waals surface area contributed by atoms with Crippen LogP contribution in [0.1, 0.15) is 316 Å². The first-order chi connectivity index (χ1) is 33.0. The molecule has 0 aliphatic heterocycles. The van der Waals surface area contributed by atoms with E-state index < -0.39 is 12.1 Å². The molecule has 394 valence electrons. The van der Waals surface area contributed by atoms with Crippen molar-refractivity contribution in [3.63, 3.8) is 0 Å². The van der Waals surface area contributed by atoms with Crippen molar-refractivity contribution in [2.45, 2.75) is 328 Å². The second-order valence-electron chi connectivity index (χ2n) is 20.3. The highest BCUT2D eigenvalue weighted by atomic mass is 16.5. The van der Waals surface area contributed by atoms with Crippen LogP contribution in [-0.4, -0.2) is 47.4 Å². The first kappa shape index (κ1) is 65.1. The number of aliphatic hydroxyl groups is 2. The molecule has 0 aliphatic rings. The first-order valence-electron chi connectivity index (χ1n) is 29.7. The molecule has 67 heavy (non-hydrogen) atoms. The standard InChI is InChI=1S/C61H115NO5/c1-3-5-7-9-11-13-15-17-18-23-27-31-35-39-43-47-51-55-61(66)67-56-52-48-44-40-36-32-28-25-22-20-19-21-24-26-30-34-38-42-46-50-54-60(65)62-58(57-63)59(64)53-49-45-41-37-33-29-16-14-12-10-8-6-4-2/h11,13,17-19,21,58-59,63-64H,3-10,12,14-16,20,22-57H2,1-2H3,(H,62,65)/b13-11-,18-17-,21-19-. The van der Waals surface area contributed by atoms with Gasteiger partial charge < -0.3 is 20.3 Å². The van der Waals surface area contributed by atoms with Crippen molar-refractivity contribution in [3.05, 3.63) is 36.5 Å². The Morgan fingerprint density at radius 1 is 0.418 bits per heavy atom. The molecule has 0 rings (SSSR count). The fourth-order valence-electron chi connectivity index (χ4n) is 9.08. The van der Waals surface area contributed by atoms with E-state index >= 15 is 0 Å². The van der Waals surface area contributed by atoms with Gasteiger partial charge in [-0.15, -0.1) is 0 Å². The number of unbranched alkanes of at least 4 members (excludes halogenated alkanes) is 38. The maximum absolute atomic E-state index is 12.5. The van der Waals surface area contributed by atoms with Gasteiger partial charge >= 0.3 is 5.97 Å². The van der Waals surface area contributed by atoms with Crippen LogP contribution >= 0.6 is 0 Å². The predicted molar refractivity (Wildman–Crippen MR) is 292 cm³/mol. The van der Waals surface area contributed by atoms with Crippen LogP contribution in [-0.2, 0) is 14.3 Å². The van der Waals surface area contributed by atoms with Gasteiger partial charge in [0.25, 0.3) is 0 Å². The molecule has 0 fully saturated rings. The molecule has 6 nitrogen and oxygen atoms in total. The van der Waals surface area contributed by atoms with Crippen molar-refractivity contribution < 1.29 is 24.5 Å². The van der Waals surface area contributed by atoms with Crippen LogP contribution in [0.25, 0.3) is 0 Å². The number of carbonyl (C=O) groups excluding carboxylic acids is 2. The summed E-state index contributed by atoms with van der Waals surface area (Å²) in [5, 5.41) is 23.2. The molecule has 0 bridgehead atoms. The summed E-state index contributed by atoms with van der Waals surface area (Å²) < 4.78 is 5.48. The van der Waals surface area contributed by atoms with Crippen molar-refractivity contribution in [2.24, 2.45) is 0 Å². The molecule has 6 heteroatoms. The highest BCUT2D eigenvalue weighted by molar-refractivity contribution is 5.76. The van der Waals surface area contributed by atoms with Gasteiger partial charge in [0.15, 0.2) is 0 Å². The number of hydrogen-bond acceptors (Lipinski definition) is 5. The van der Waals surface area contributed by atoms with Gasteiger partial charge in [-0.3, -0.25) is 9.59 Å². The summed E-state index contributed by atoms with van der Waals surface area (Å²) in [6.45, 7) is 4.92. The van der Waals surface area contributed by atoms with E-state index in [9.17, 15) is 19.8 Å². The summed E-state index contributed by atoms with van der Waals surface area (Å²) in [6.07, 6.45) is 69.9. The third-order valence-electron chi connectivity index (χ3n) is 13.7. The number of allylic oxidation sites excluding steroid dienone is 6. The summed E-state index contributed by atoms with van der Waals surface area (Å²) in [5.41, 5.74) is 0. The lowest BCUT2D eigenvalue weighted by molar-refractivity contribution is -0.143. The topological polar surface area (TPSA) is 95.9 Å². The molecule has 0 aromatic heterocycles. The lowest BCUT2D eigenvalue weighted by atomic mass is 10.0. The zero-order chi connectivity index (χ0) is 48.6. The Kier molecular flexibility index (Phi) is 55.0. The van der Waals surface area contributed by atoms with E-state index in [1.54, 1.807) is 0 Å². The minimum absolute atomic E-state index is 0.00161. The number of hydrogen-bond donors (Lipinski definition) is 3. The van der Waals surface area contributed by atoms with Crippen molar-refractivity contribution in [1.82, 2.24) is 5.32 Å². The lowest BCUT2D eigenvalue weighted by Crippen LogP contribution is -2.45. The Labute approximate surface area is 417 Å². The maximum Gasteiger partial charge on any atom is 0.305 e. The van der Waals surface area contributed by atoms with E-state index in [1.807, 2.05) is 0 Å². The molecule has 0 aliphatic carbocycles. The molecule has 0 heterocycles.